The summed E-state index contributed by atoms with van der Waals surface area (Å²) in [6, 6.07) is 0. The number of hydrogen-bond donors (Lipinski definition) is 1. The molecule has 1 N–H and O–H groups in total. The number of rotatable bonds is 0. The quantitative estimate of drug-likeness (QED) is 0.399. The lowest BCUT2D eigenvalue weighted by atomic mass is 10.2. The first-order chi connectivity index (χ1) is 4.34. The highest BCUT2D eigenvalue weighted by molar-refractivity contribution is 8.00. The molecule has 1 aliphatic heterocycles. The highest BCUT2D eigenvalue weighted by atomic mass is 32.2. The van der Waals surface area contributed by atoms with E-state index >= 15 is 0 Å². The van der Waals surface area contributed by atoms with Gasteiger partial charge in [-0.1, -0.05) is 5.16 Å². The fourth-order valence-corrected chi connectivity index (χ4v) is 1.53. The molecule has 1 saturated heterocycles. The van der Waals surface area contributed by atoms with E-state index in [9.17, 15) is 4.79 Å². The zero-order valence-electron chi connectivity index (χ0n) is 4.83. The zero-order chi connectivity index (χ0) is 6.69. The van der Waals surface area contributed by atoms with Crippen molar-refractivity contribution in [3.8, 4) is 0 Å². The van der Waals surface area contributed by atoms with Crippen LogP contribution in [-0.4, -0.2) is 28.2 Å². The summed E-state index contributed by atoms with van der Waals surface area (Å²) in [5.41, 5.74) is 0.311. The highest BCUT2D eigenvalue weighted by Gasteiger charge is 2.16. The van der Waals surface area contributed by atoms with Gasteiger partial charge in [0.1, 0.15) is 5.71 Å². The molecule has 0 saturated carbocycles. The van der Waals surface area contributed by atoms with Gasteiger partial charge in [-0.25, -0.2) is 0 Å². The lowest BCUT2D eigenvalue weighted by Crippen LogP contribution is -2.22. The van der Waals surface area contributed by atoms with Gasteiger partial charge in [0, 0.05) is 17.9 Å². The van der Waals surface area contributed by atoms with Crippen molar-refractivity contribution in [3.63, 3.8) is 0 Å². The van der Waals surface area contributed by atoms with Crippen molar-refractivity contribution in [1.82, 2.24) is 0 Å². The number of oxime groups is 1. The van der Waals surface area contributed by atoms with Crippen LogP contribution in [0.4, 0.5) is 0 Å². The topological polar surface area (TPSA) is 49.7 Å². The molecule has 3 nitrogen and oxygen atoms in total. The molecule has 4 heteroatoms. The van der Waals surface area contributed by atoms with Crippen LogP contribution in [0.5, 0.6) is 0 Å². The Morgan fingerprint density at radius 2 is 2.44 bits per heavy atom. The summed E-state index contributed by atoms with van der Waals surface area (Å²) in [7, 11) is 0. The van der Waals surface area contributed by atoms with Gasteiger partial charge in [-0.15, -0.1) is 0 Å². The molecule has 0 spiro atoms. The largest absolute Gasteiger partial charge is 0.411 e. The molecular weight excluding hydrogens is 138 g/mol. The first kappa shape index (κ1) is 6.61. The molecular formula is C5H7NO2S. The third-order valence-corrected chi connectivity index (χ3v) is 2.13. The minimum Gasteiger partial charge on any atom is -0.411 e. The average Bonchev–Trinajstić information content (AvgIpc) is 1.89. The Hall–Kier alpha value is -0.510. The van der Waals surface area contributed by atoms with Crippen LogP contribution >= 0.6 is 11.8 Å². The Morgan fingerprint density at radius 1 is 1.67 bits per heavy atom. The Bertz CT molecular complexity index is 155. The van der Waals surface area contributed by atoms with Crippen molar-refractivity contribution in [2.24, 2.45) is 5.16 Å². The normalized spacial score (nSPS) is 24.9. The summed E-state index contributed by atoms with van der Waals surface area (Å²) in [4.78, 5) is 10.7. The zero-order valence-corrected chi connectivity index (χ0v) is 5.65. The van der Waals surface area contributed by atoms with E-state index in [0.29, 0.717) is 17.9 Å². The molecule has 1 fully saturated rings. The lowest BCUT2D eigenvalue weighted by molar-refractivity contribution is -0.112. The first-order valence-electron chi connectivity index (χ1n) is 2.66. The van der Waals surface area contributed by atoms with Gasteiger partial charge < -0.3 is 5.21 Å². The number of Topliss-reactive ketones (excluding diaryl/α,β-unsaturated/α-hetero) is 1. The number of hydrogen-bond acceptors (Lipinski definition) is 4. The van der Waals surface area contributed by atoms with Crippen molar-refractivity contribution in [2.45, 2.75) is 6.42 Å². The van der Waals surface area contributed by atoms with Crippen molar-refractivity contribution in [1.29, 1.82) is 0 Å². The van der Waals surface area contributed by atoms with E-state index in [-0.39, 0.29) is 5.78 Å². The molecule has 0 unspecified atom stereocenters. The summed E-state index contributed by atoms with van der Waals surface area (Å²) in [6.45, 7) is 0. The number of carbonyl (C=O) groups excluding carboxylic acids is 1. The standard InChI is InChI=1S/C5H7NO2S/c7-5-1-2-9-3-4(5)6-8/h8H,1-3H2/b6-4-. The minimum absolute atomic E-state index is 0.0174. The third-order valence-electron chi connectivity index (χ3n) is 1.15. The predicted molar refractivity (Wildman–Crippen MR) is 36.2 cm³/mol. The van der Waals surface area contributed by atoms with E-state index < -0.39 is 0 Å². The van der Waals surface area contributed by atoms with Crippen LogP contribution in [0.1, 0.15) is 6.42 Å². The van der Waals surface area contributed by atoms with Crippen molar-refractivity contribution < 1.29 is 10.0 Å². The fourth-order valence-electron chi connectivity index (χ4n) is 0.643. The minimum atomic E-state index is -0.0174. The number of ketones is 1. The van der Waals surface area contributed by atoms with Gasteiger partial charge in [-0.2, -0.15) is 11.8 Å². The molecule has 9 heavy (non-hydrogen) atoms. The van der Waals surface area contributed by atoms with Crippen LogP contribution in [-0.2, 0) is 4.79 Å². The van der Waals surface area contributed by atoms with Gasteiger partial charge in [-0.05, 0) is 0 Å². The Balaban J connectivity index is 2.60. The van der Waals surface area contributed by atoms with Crippen LogP contribution < -0.4 is 0 Å². The molecule has 0 bridgehead atoms. The molecule has 1 rings (SSSR count). The van der Waals surface area contributed by atoms with Gasteiger partial charge in [0.05, 0.1) is 0 Å². The molecule has 1 aliphatic rings. The van der Waals surface area contributed by atoms with Crippen LogP contribution in [0.25, 0.3) is 0 Å². The lowest BCUT2D eigenvalue weighted by Gasteiger charge is -2.07. The second-order valence-electron chi connectivity index (χ2n) is 1.77. The molecule has 0 aliphatic carbocycles. The molecule has 0 radical (unpaired) electrons. The Labute approximate surface area is 57.1 Å². The number of carbonyl (C=O) groups is 1. The van der Waals surface area contributed by atoms with E-state index in [1.165, 1.54) is 0 Å². The molecule has 0 aromatic heterocycles. The number of nitrogens with zero attached hydrogens (tertiary/aromatic N) is 1. The molecule has 0 amide bonds. The van der Waals surface area contributed by atoms with Crippen LogP contribution in [0.15, 0.2) is 5.16 Å². The van der Waals surface area contributed by atoms with E-state index in [1.54, 1.807) is 11.8 Å². The maximum atomic E-state index is 10.7. The molecule has 0 atom stereocenters. The summed E-state index contributed by atoms with van der Waals surface area (Å²) < 4.78 is 0. The maximum absolute atomic E-state index is 10.7. The fraction of sp³-hybridized carbons (Fsp3) is 0.600. The second-order valence-corrected chi connectivity index (χ2v) is 2.88. The van der Waals surface area contributed by atoms with E-state index in [4.69, 9.17) is 5.21 Å². The molecule has 1 heterocycles. The van der Waals surface area contributed by atoms with Gasteiger partial charge in [0.15, 0.2) is 5.78 Å². The smallest absolute Gasteiger partial charge is 0.182 e. The highest BCUT2D eigenvalue weighted by Crippen LogP contribution is 2.11. The predicted octanol–water partition coefficient (Wildman–Crippen LogP) is 0.523. The van der Waals surface area contributed by atoms with Gasteiger partial charge in [0.2, 0.25) is 0 Å². The second kappa shape index (κ2) is 2.87. The van der Waals surface area contributed by atoms with E-state index in [0.717, 1.165) is 5.75 Å². The third kappa shape index (κ3) is 1.45. The summed E-state index contributed by atoms with van der Waals surface area (Å²) >= 11 is 1.62. The molecule has 0 aromatic carbocycles. The Kier molecular flexibility index (Phi) is 2.10. The van der Waals surface area contributed by atoms with Crippen molar-refractivity contribution >= 4 is 23.3 Å². The van der Waals surface area contributed by atoms with Gasteiger partial charge >= 0.3 is 0 Å². The van der Waals surface area contributed by atoms with Crippen molar-refractivity contribution in [2.75, 3.05) is 11.5 Å². The monoisotopic (exact) mass is 145 g/mol. The van der Waals surface area contributed by atoms with Crippen LogP contribution in [0.3, 0.4) is 0 Å². The molecule has 50 valence electrons. The Morgan fingerprint density at radius 3 is 2.89 bits per heavy atom. The average molecular weight is 145 g/mol. The van der Waals surface area contributed by atoms with Crippen LogP contribution in [0.2, 0.25) is 0 Å². The number of thioether (sulfide) groups is 1. The summed E-state index contributed by atoms with van der Waals surface area (Å²) in [6.07, 6.45) is 0.518. The van der Waals surface area contributed by atoms with Crippen LogP contribution in [0, 0.1) is 0 Å². The van der Waals surface area contributed by atoms with Crippen molar-refractivity contribution in [3.05, 3.63) is 0 Å². The van der Waals surface area contributed by atoms with E-state index in [2.05, 4.69) is 5.16 Å². The maximum Gasteiger partial charge on any atom is 0.182 e. The summed E-state index contributed by atoms with van der Waals surface area (Å²) in [5.74, 6) is 1.41. The SMILES string of the molecule is O=C1CCSC/C1=N/O. The summed E-state index contributed by atoms with van der Waals surface area (Å²) in [5, 5.41) is 11.1. The van der Waals surface area contributed by atoms with Gasteiger partial charge in [-0.3, -0.25) is 4.79 Å². The first-order valence-corrected chi connectivity index (χ1v) is 3.82. The van der Waals surface area contributed by atoms with E-state index in [1.807, 2.05) is 0 Å². The van der Waals surface area contributed by atoms with Gasteiger partial charge in [0.25, 0.3) is 0 Å². The molecule has 0 aromatic rings.